The Morgan fingerprint density at radius 1 is 1.05 bits per heavy atom. The van der Waals surface area contributed by atoms with Gasteiger partial charge in [0, 0.05) is 19.8 Å². The maximum Gasteiger partial charge on any atom is 0.140 e. The lowest BCUT2D eigenvalue weighted by Crippen LogP contribution is -2.16. The van der Waals surface area contributed by atoms with Crippen LogP contribution in [0.4, 0.5) is 5.69 Å². The number of aliphatic hydroxyl groups is 1. The number of hydrogen-bond donors (Lipinski definition) is 1. The fourth-order valence-corrected chi connectivity index (χ4v) is 2.35. The molecule has 1 aromatic rings. The van der Waals surface area contributed by atoms with E-state index in [1.807, 2.05) is 12.1 Å². The molecule has 0 aliphatic heterocycles. The lowest BCUT2D eigenvalue weighted by molar-refractivity contribution is 0.238. The highest BCUT2D eigenvalue weighted by atomic mass is 16.3. The summed E-state index contributed by atoms with van der Waals surface area (Å²) in [6, 6.07) is 4.08. The molecule has 0 saturated carbocycles. The van der Waals surface area contributed by atoms with E-state index in [1.165, 1.54) is 16.8 Å². The van der Waals surface area contributed by atoms with Crippen LogP contribution in [0.3, 0.4) is 0 Å². The highest BCUT2D eigenvalue weighted by Crippen LogP contribution is 2.36. The molecule has 0 heterocycles. The Kier molecular flexibility index (Phi) is 5.03. The van der Waals surface area contributed by atoms with Gasteiger partial charge in [-0.15, -0.1) is 6.42 Å². The predicted molar refractivity (Wildman–Crippen MR) is 82.7 cm³/mol. The third-order valence-corrected chi connectivity index (χ3v) is 3.36. The number of hydrogen-bond acceptors (Lipinski definition) is 2. The first-order valence-corrected chi connectivity index (χ1v) is 6.78. The van der Waals surface area contributed by atoms with Crippen molar-refractivity contribution in [1.82, 2.24) is 0 Å². The molecule has 0 radical (unpaired) electrons. The van der Waals surface area contributed by atoms with Crippen molar-refractivity contribution in [3.05, 3.63) is 28.8 Å². The lowest BCUT2D eigenvalue weighted by Gasteiger charge is -2.27. The Morgan fingerprint density at radius 3 is 1.74 bits per heavy atom. The van der Waals surface area contributed by atoms with E-state index in [1.54, 1.807) is 0 Å². The minimum absolute atomic E-state index is 0.389. The van der Waals surface area contributed by atoms with Gasteiger partial charge in [0.15, 0.2) is 0 Å². The molecule has 0 bridgehead atoms. The van der Waals surface area contributed by atoms with Gasteiger partial charge in [-0.3, -0.25) is 0 Å². The third-order valence-electron chi connectivity index (χ3n) is 3.36. The molecule has 1 N–H and O–H groups in total. The number of benzene rings is 1. The molecule has 1 unspecified atom stereocenters. The average Bonchev–Trinajstić information content (AvgIpc) is 2.35. The summed E-state index contributed by atoms with van der Waals surface area (Å²) in [4.78, 5) is 2.15. The molecular weight excluding hydrogens is 234 g/mol. The molecule has 2 nitrogen and oxygen atoms in total. The quantitative estimate of drug-likeness (QED) is 0.834. The molecule has 19 heavy (non-hydrogen) atoms. The highest BCUT2D eigenvalue weighted by Gasteiger charge is 2.19. The molecular formula is C17H25NO. The zero-order chi connectivity index (χ0) is 14.7. The molecule has 0 amide bonds. The molecule has 1 aromatic carbocycles. The normalized spacial score (nSPS) is 12.6. The summed E-state index contributed by atoms with van der Waals surface area (Å²) in [5, 5.41) is 9.92. The Bertz CT molecular complexity index is 452. The van der Waals surface area contributed by atoms with E-state index in [0.29, 0.717) is 11.8 Å². The van der Waals surface area contributed by atoms with Gasteiger partial charge in [0.25, 0.3) is 0 Å². The maximum atomic E-state index is 9.92. The van der Waals surface area contributed by atoms with Crippen LogP contribution in [0.15, 0.2) is 12.1 Å². The minimum Gasteiger partial charge on any atom is -0.377 e. The van der Waals surface area contributed by atoms with Gasteiger partial charge in [-0.05, 0) is 40.7 Å². The molecule has 0 aromatic heterocycles. The summed E-state index contributed by atoms with van der Waals surface area (Å²) in [5.74, 6) is 3.18. The van der Waals surface area contributed by atoms with Crippen LogP contribution in [0.5, 0.6) is 0 Å². The van der Waals surface area contributed by atoms with E-state index in [4.69, 9.17) is 6.42 Å². The summed E-state index contributed by atoms with van der Waals surface area (Å²) >= 11 is 0. The van der Waals surface area contributed by atoms with Crippen molar-refractivity contribution in [2.24, 2.45) is 0 Å². The van der Waals surface area contributed by atoms with Crippen molar-refractivity contribution in [2.75, 3.05) is 19.0 Å². The maximum absolute atomic E-state index is 9.92. The van der Waals surface area contributed by atoms with E-state index < -0.39 is 6.10 Å². The average molecular weight is 259 g/mol. The van der Waals surface area contributed by atoms with Crippen LogP contribution in [0.2, 0.25) is 0 Å². The first-order chi connectivity index (χ1) is 8.79. The lowest BCUT2D eigenvalue weighted by atomic mass is 9.88. The largest absolute Gasteiger partial charge is 0.377 e. The fourth-order valence-electron chi connectivity index (χ4n) is 2.35. The molecule has 0 aliphatic rings. The number of terminal acetylenes is 1. The Balaban J connectivity index is 3.58. The van der Waals surface area contributed by atoms with Crippen molar-refractivity contribution in [2.45, 2.75) is 45.6 Å². The van der Waals surface area contributed by atoms with Crippen LogP contribution in [0.1, 0.15) is 62.3 Å². The summed E-state index contributed by atoms with van der Waals surface area (Å²) in [5.41, 5.74) is 4.54. The molecule has 0 saturated heterocycles. The summed E-state index contributed by atoms with van der Waals surface area (Å²) in [6.45, 7) is 8.66. The third kappa shape index (κ3) is 3.30. The molecule has 104 valence electrons. The second kappa shape index (κ2) is 6.12. The second-order valence-electron chi connectivity index (χ2n) is 5.82. The molecule has 1 atom stereocenters. The second-order valence-corrected chi connectivity index (χ2v) is 5.82. The number of aliphatic hydroxyl groups excluding tert-OH is 1. The van der Waals surface area contributed by atoms with Crippen molar-refractivity contribution in [3.63, 3.8) is 0 Å². The number of rotatable bonds is 4. The Hall–Kier alpha value is -1.46. The van der Waals surface area contributed by atoms with Crippen LogP contribution >= 0.6 is 0 Å². The predicted octanol–water partition coefficient (Wildman–Crippen LogP) is 3.67. The van der Waals surface area contributed by atoms with E-state index in [9.17, 15) is 5.11 Å². The van der Waals surface area contributed by atoms with Gasteiger partial charge in [0.1, 0.15) is 6.10 Å². The van der Waals surface area contributed by atoms with Crippen LogP contribution in [0, 0.1) is 12.3 Å². The first kappa shape index (κ1) is 15.6. The molecule has 1 rings (SSSR count). The van der Waals surface area contributed by atoms with Gasteiger partial charge in [-0.2, -0.15) is 0 Å². The van der Waals surface area contributed by atoms with Crippen LogP contribution in [-0.4, -0.2) is 19.2 Å². The first-order valence-electron chi connectivity index (χ1n) is 6.78. The van der Waals surface area contributed by atoms with Gasteiger partial charge in [-0.1, -0.05) is 33.6 Å². The standard InChI is InChI=1S/C17H25NO/c1-8-16(19)13-9-14(11(2)3)17(18(6)7)15(10-13)12(4)5/h1,9-12,16,19H,2-7H3. The van der Waals surface area contributed by atoms with Crippen LogP contribution in [0.25, 0.3) is 0 Å². The number of nitrogens with zero attached hydrogens (tertiary/aromatic N) is 1. The van der Waals surface area contributed by atoms with Gasteiger partial charge < -0.3 is 10.0 Å². The van der Waals surface area contributed by atoms with Crippen molar-refractivity contribution >= 4 is 5.69 Å². The van der Waals surface area contributed by atoms with Gasteiger partial charge in [0.05, 0.1) is 0 Å². The van der Waals surface area contributed by atoms with E-state index >= 15 is 0 Å². The fraction of sp³-hybridized carbons (Fsp3) is 0.529. The van der Waals surface area contributed by atoms with E-state index in [2.05, 4.69) is 52.6 Å². The summed E-state index contributed by atoms with van der Waals surface area (Å²) < 4.78 is 0. The highest BCUT2D eigenvalue weighted by molar-refractivity contribution is 5.63. The molecule has 0 spiro atoms. The van der Waals surface area contributed by atoms with Crippen molar-refractivity contribution in [3.8, 4) is 12.3 Å². The van der Waals surface area contributed by atoms with Crippen LogP contribution in [-0.2, 0) is 0 Å². The Labute approximate surface area is 117 Å². The summed E-state index contributed by atoms with van der Waals surface area (Å²) in [6.07, 6.45) is 4.52. The monoisotopic (exact) mass is 259 g/mol. The molecule has 2 heteroatoms. The zero-order valence-corrected chi connectivity index (χ0v) is 12.9. The van der Waals surface area contributed by atoms with Crippen molar-refractivity contribution in [1.29, 1.82) is 0 Å². The van der Waals surface area contributed by atoms with E-state index in [0.717, 1.165) is 5.56 Å². The topological polar surface area (TPSA) is 23.5 Å². The molecule has 0 aliphatic carbocycles. The van der Waals surface area contributed by atoms with Gasteiger partial charge in [0.2, 0.25) is 0 Å². The van der Waals surface area contributed by atoms with Crippen molar-refractivity contribution < 1.29 is 5.11 Å². The Morgan fingerprint density at radius 2 is 1.47 bits per heavy atom. The van der Waals surface area contributed by atoms with Gasteiger partial charge >= 0.3 is 0 Å². The summed E-state index contributed by atoms with van der Waals surface area (Å²) in [7, 11) is 4.12. The van der Waals surface area contributed by atoms with Crippen LogP contribution < -0.4 is 4.90 Å². The smallest absolute Gasteiger partial charge is 0.140 e. The minimum atomic E-state index is -0.828. The molecule has 0 fully saturated rings. The van der Waals surface area contributed by atoms with E-state index in [-0.39, 0.29) is 0 Å². The zero-order valence-electron chi connectivity index (χ0n) is 12.9. The number of anilines is 1. The SMILES string of the molecule is C#CC(O)c1cc(C(C)C)c(N(C)C)c(C(C)C)c1. The van der Waals surface area contributed by atoms with Gasteiger partial charge in [-0.25, -0.2) is 0 Å².